The third-order valence-electron chi connectivity index (χ3n) is 3.20. The van der Waals surface area contributed by atoms with Gasteiger partial charge in [-0.1, -0.05) is 6.07 Å². The Morgan fingerprint density at radius 2 is 2.48 bits per heavy atom. The molecule has 1 amide bonds. The summed E-state index contributed by atoms with van der Waals surface area (Å²) in [6.45, 7) is 1.31. The van der Waals surface area contributed by atoms with E-state index in [4.69, 9.17) is 9.47 Å². The highest BCUT2D eigenvalue weighted by Gasteiger charge is 2.16. The van der Waals surface area contributed by atoms with Gasteiger partial charge in [0.25, 0.3) is 5.91 Å². The van der Waals surface area contributed by atoms with E-state index in [0.717, 1.165) is 19.4 Å². The summed E-state index contributed by atoms with van der Waals surface area (Å²) in [7, 11) is 0. The molecule has 1 unspecified atom stereocenters. The summed E-state index contributed by atoms with van der Waals surface area (Å²) in [6, 6.07) is 7.01. The molecule has 1 aliphatic heterocycles. The predicted molar refractivity (Wildman–Crippen MR) is 75.2 cm³/mol. The molecule has 0 saturated carbocycles. The summed E-state index contributed by atoms with van der Waals surface area (Å²) in [5.41, 5.74) is 0.497. The van der Waals surface area contributed by atoms with E-state index in [1.165, 1.54) is 6.33 Å². The second-order valence-corrected chi connectivity index (χ2v) is 4.76. The van der Waals surface area contributed by atoms with Crippen molar-refractivity contribution in [2.45, 2.75) is 18.9 Å². The predicted octanol–water partition coefficient (Wildman–Crippen LogP) is 1.61. The van der Waals surface area contributed by atoms with Gasteiger partial charge in [-0.3, -0.25) is 10.1 Å². The van der Waals surface area contributed by atoms with Crippen molar-refractivity contribution in [3.63, 3.8) is 0 Å². The van der Waals surface area contributed by atoms with Crippen molar-refractivity contribution in [3.8, 4) is 5.75 Å². The molecule has 21 heavy (non-hydrogen) atoms. The molecule has 7 heteroatoms. The SMILES string of the molecule is O=C(Nc1ncn[nH]1)c1cccc(OCC2CCCO2)c1. The lowest BCUT2D eigenvalue weighted by Crippen LogP contribution is -2.17. The highest BCUT2D eigenvalue weighted by molar-refractivity contribution is 6.03. The molecule has 0 spiro atoms. The van der Waals surface area contributed by atoms with Crippen molar-refractivity contribution in [1.82, 2.24) is 15.2 Å². The molecule has 2 aromatic rings. The molecule has 1 aliphatic rings. The minimum absolute atomic E-state index is 0.150. The molecule has 1 aromatic carbocycles. The molecule has 0 aliphatic carbocycles. The first-order valence-electron chi connectivity index (χ1n) is 6.82. The fourth-order valence-electron chi connectivity index (χ4n) is 2.14. The van der Waals surface area contributed by atoms with Crippen LogP contribution >= 0.6 is 0 Å². The van der Waals surface area contributed by atoms with Gasteiger partial charge in [0.05, 0.1) is 6.10 Å². The van der Waals surface area contributed by atoms with Crippen LogP contribution in [0.3, 0.4) is 0 Å². The number of aromatic amines is 1. The van der Waals surface area contributed by atoms with E-state index >= 15 is 0 Å². The highest BCUT2D eigenvalue weighted by atomic mass is 16.5. The Hall–Kier alpha value is -2.41. The van der Waals surface area contributed by atoms with Crippen molar-refractivity contribution in [3.05, 3.63) is 36.2 Å². The molecule has 0 radical (unpaired) electrons. The van der Waals surface area contributed by atoms with Crippen molar-refractivity contribution >= 4 is 11.9 Å². The van der Waals surface area contributed by atoms with E-state index in [-0.39, 0.29) is 12.0 Å². The molecule has 2 heterocycles. The number of hydrogen-bond acceptors (Lipinski definition) is 5. The van der Waals surface area contributed by atoms with E-state index in [1.807, 2.05) is 6.07 Å². The molecule has 0 bridgehead atoms. The van der Waals surface area contributed by atoms with E-state index < -0.39 is 0 Å². The minimum atomic E-state index is -0.269. The van der Waals surface area contributed by atoms with Gasteiger partial charge in [-0.05, 0) is 31.0 Å². The number of aromatic nitrogens is 3. The zero-order valence-electron chi connectivity index (χ0n) is 11.4. The van der Waals surface area contributed by atoms with Gasteiger partial charge in [0, 0.05) is 12.2 Å². The Kier molecular flexibility index (Phi) is 4.11. The first-order valence-corrected chi connectivity index (χ1v) is 6.82. The Bertz CT molecular complexity index is 594. The molecule has 1 fully saturated rings. The Morgan fingerprint density at radius 1 is 1.52 bits per heavy atom. The van der Waals surface area contributed by atoms with Gasteiger partial charge >= 0.3 is 0 Å². The summed E-state index contributed by atoms with van der Waals surface area (Å²) in [4.78, 5) is 15.9. The molecule has 1 atom stereocenters. The molecule has 7 nitrogen and oxygen atoms in total. The van der Waals surface area contributed by atoms with Crippen LogP contribution in [0.25, 0.3) is 0 Å². The first kappa shape index (κ1) is 13.6. The number of rotatable bonds is 5. The van der Waals surface area contributed by atoms with E-state index in [2.05, 4.69) is 20.5 Å². The van der Waals surface area contributed by atoms with Gasteiger partial charge in [-0.15, -0.1) is 0 Å². The number of ether oxygens (including phenoxy) is 2. The summed E-state index contributed by atoms with van der Waals surface area (Å²) < 4.78 is 11.2. The number of nitrogens with one attached hydrogen (secondary N) is 2. The van der Waals surface area contributed by atoms with Gasteiger partial charge in [0.15, 0.2) is 0 Å². The maximum absolute atomic E-state index is 12.0. The number of hydrogen-bond donors (Lipinski definition) is 2. The van der Waals surface area contributed by atoms with Crippen LogP contribution in [0.4, 0.5) is 5.95 Å². The fraction of sp³-hybridized carbons (Fsp3) is 0.357. The van der Waals surface area contributed by atoms with E-state index in [9.17, 15) is 4.79 Å². The smallest absolute Gasteiger partial charge is 0.258 e. The van der Waals surface area contributed by atoms with E-state index in [0.29, 0.717) is 23.9 Å². The van der Waals surface area contributed by atoms with Crippen molar-refractivity contribution in [1.29, 1.82) is 0 Å². The zero-order chi connectivity index (χ0) is 14.5. The second-order valence-electron chi connectivity index (χ2n) is 4.76. The lowest BCUT2D eigenvalue weighted by molar-refractivity contribution is 0.0679. The number of anilines is 1. The second kappa shape index (κ2) is 6.36. The molecule has 1 aromatic heterocycles. The average Bonchev–Trinajstić information content (AvgIpc) is 3.19. The first-order chi connectivity index (χ1) is 10.3. The average molecular weight is 288 g/mol. The van der Waals surface area contributed by atoms with Crippen LogP contribution in [-0.2, 0) is 4.74 Å². The normalized spacial score (nSPS) is 17.6. The van der Waals surface area contributed by atoms with Gasteiger partial charge in [-0.2, -0.15) is 10.1 Å². The summed E-state index contributed by atoms with van der Waals surface area (Å²) in [6.07, 6.45) is 3.58. The summed E-state index contributed by atoms with van der Waals surface area (Å²) in [5.74, 6) is 0.690. The van der Waals surface area contributed by atoms with Crippen LogP contribution in [0.5, 0.6) is 5.75 Å². The highest BCUT2D eigenvalue weighted by Crippen LogP contribution is 2.17. The number of carbonyl (C=O) groups is 1. The van der Waals surface area contributed by atoms with Crippen LogP contribution < -0.4 is 10.1 Å². The molecule has 2 N–H and O–H groups in total. The van der Waals surface area contributed by atoms with Crippen LogP contribution in [0.1, 0.15) is 23.2 Å². The fourth-order valence-corrected chi connectivity index (χ4v) is 2.14. The third kappa shape index (κ3) is 3.57. The third-order valence-corrected chi connectivity index (χ3v) is 3.20. The quantitative estimate of drug-likeness (QED) is 0.872. The number of benzene rings is 1. The van der Waals surface area contributed by atoms with Gasteiger partial charge in [-0.25, -0.2) is 5.10 Å². The number of H-pyrrole nitrogens is 1. The lowest BCUT2D eigenvalue weighted by Gasteiger charge is -2.12. The Balaban J connectivity index is 1.60. The molecule has 110 valence electrons. The maximum atomic E-state index is 12.0. The van der Waals surface area contributed by atoms with Gasteiger partial charge in [0.1, 0.15) is 18.7 Å². The number of carbonyl (C=O) groups excluding carboxylic acids is 1. The van der Waals surface area contributed by atoms with Gasteiger partial charge < -0.3 is 9.47 Å². The Labute approximate surface area is 121 Å². The lowest BCUT2D eigenvalue weighted by atomic mass is 10.2. The molecular weight excluding hydrogens is 272 g/mol. The van der Waals surface area contributed by atoms with Crippen LogP contribution in [-0.4, -0.2) is 40.4 Å². The maximum Gasteiger partial charge on any atom is 0.258 e. The standard InChI is InChI=1S/C14H16N4O3/c19-13(17-14-15-9-16-18-14)10-3-1-4-11(7-10)21-8-12-5-2-6-20-12/h1,3-4,7,9,12H,2,5-6,8H2,(H2,15,16,17,18,19). The molecular formula is C14H16N4O3. The number of nitrogens with zero attached hydrogens (tertiary/aromatic N) is 2. The van der Waals surface area contributed by atoms with Gasteiger partial charge in [0.2, 0.25) is 5.95 Å². The minimum Gasteiger partial charge on any atom is -0.491 e. The van der Waals surface area contributed by atoms with Crippen LogP contribution in [0, 0.1) is 0 Å². The monoisotopic (exact) mass is 288 g/mol. The zero-order valence-corrected chi connectivity index (χ0v) is 11.4. The van der Waals surface area contributed by atoms with Crippen molar-refractivity contribution in [2.24, 2.45) is 0 Å². The summed E-state index contributed by atoms with van der Waals surface area (Å²) in [5, 5.41) is 8.86. The van der Waals surface area contributed by atoms with E-state index in [1.54, 1.807) is 18.2 Å². The van der Waals surface area contributed by atoms with Crippen molar-refractivity contribution in [2.75, 3.05) is 18.5 Å². The molecule has 3 rings (SSSR count). The van der Waals surface area contributed by atoms with Crippen molar-refractivity contribution < 1.29 is 14.3 Å². The number of amides is 1. The summed E-state index contributed by atoms with van der Waals surface area (Å²) >= 11 is 0. The van der Waals surface area contributed by atoms with Crippen LogP contribution in [0.2, 0.25) is 0 Å². The Morgan fingerprint density at radius 3 is 3.24 bits per heavy atom. The molecule has 1 saturated heterocycles. The topological polar surface area (TPSA) is 89.1 Å². The van der Waals surface area contributed by atoms with Crippen LogP contribution in [0.15, 0.2) is 30.6 Å². The largest absolute Gasteiger partial charge is 0.491 e.